The Morgan fingerprint density at radius 2 is 2.12 bits per heavy atom. The molecule has 1 unspecified atom stereocenters. The molecule has 0 aromatic heterocycles. The van der Waals surface area contributed by atoms with Gasteiger partial charge in [0.25, 0.3) is 0 Å². The molecule has 1 atom stereocenters. The van der Waals surface area contributed by atoms with E-state index < -0.39 is 5.54 Å². The van der Waals surface area contributed by atoms with E-state index in [2.05, 4.69) is 5.32 Å². The fourth-order valence-electron chi connectivity index (χ4n) is 3.21. The first-order chi connectivity index (χ1) is 12.1. The molecule has 7 heteroatoms. The van der Waals surface area contributed by atoms with Gasteiger partial charge in [0.1, 0.15) is 12.4 Å². The fraction of sp³-hybridized carbons (Fsp3) is 0.632. The number of amides is 1. The number of nitrogens with two attached hydrogens (primary N) is 1. The Hall–Kier alpha value is -1.34. The Bertz CT molecular complexity index is 599. The number of halogens is 1. The molecule has 0 radical (unpaired) electrons. The summed E-state index contributed by atoms with van der Waals surface area (Å²) < 4.78 is 16.9. The largest absolute Gasteiger partial charge is 0.491 e. The van der Waals surface area contributed by atoms with Crippen molar-refractivity contribution in [2.45, 2.75) is 50.8 Å². The van der Waals surface area contributed by atoms with Crippen molar-refractivity contribution in [3.05, 3.63) is 29.3 Å². The fourth-order valence-corrected chi connectivity index (χ4v) is 3.21. The van der Waals surface area contributed by atoms with Crippen molar-refractivity contribution < 1.29 is 19.0 Å². The van der Waals surface area contributed by atoms with Gasteiger partial charge in [-0.15, -0.1) is 12.4 Å². The van der Waals surface area contributed by atoms with Crippen molar-refractivity contribution in [1.82, 2.24) is 5.32 Å². The highest BCUT2D eigenvalue weighted by Crippen LogP contribution is 2.23. The number of hydrogen-bond donors (Lipinski definition) is 2. The normalized spacial score (nSPS) is 21.7. The summed E-state index contributed by atoms with van der Waals surface area (Å²) in [5.41, 5.74) is 7.47. The van der Waals surface area contributed by atoms with Gasteiger partial charge in [0.05, 0.1) is 11.6 Å². The van der Waals surface area contributed by atoms with Gasteiger partial charge < -0.3 is 25.3 Å². The maximum absolute atomic E-state index is 12.5. The van der Waals surface area contributed by atoms with Crippen LogP contribution in [0.2, 0.25) is 0 Å². The second-order valence-corrected chi connectivity index (χ2v) is 7.01. The van der Waals surface area contributed by atoms with E-state index in [1.54, 1.807) is 0 Å². The number of carbonyl (C=O) groups excluding carboxylic acids is 1. The van der Waals surface area contributed by atoms with Gasteiger partial charge in [-0.2, -0.15) is 0 Å². The Balaban J connectivity index is 0.00000243. The first kappa shape index (κ1) is 21.0. The van der Waals surface area contributed by atoms with Crippen LogP contribution in [-0.4, -0.2) is 44.0 Å². The first-order valence-electron chi connectivity index (χ1n) is 9.06. The molecule has 3 N–H and O–H groups in total. The number of rotatable bonds is 6. The van der Waals surface area contributed by atoms with Gasteiger partial charge in [0, 0.05) is 31.9 Å². The lowest BCUT2D eigenvalue weighted by Gasteiger charge is -2.31. The quantitative estimate of drug-likeness (QED) is 0.784. The lowest BCUT2D eigenvalue weighted by Crippen LogP contribution is -2.56. The van der Waals surface area contributed by atoms with E-state index in [0.29, 0.717) is 39.2 Å². The van der Waals surface area contributed by atoms with Crippen LogP contribution < -0.4 is 15.8 Å². The Morgan fingerprint density at radius 3 is 2.81 bits per heavy atom. The number of nitrogens with one attached hydrogen (secondary N) is 1. The van der Waals surface area contributed by atoms with Gasteiger partial charge in [-0.25, -0.2) is 0 Å². The monoisotopic (exact) mass is 384 g/mol. The predicted molar refractivity (Wildman–Crippen MR) is 102 cm³/mol. The standard InChI is InChI=1S/C19H28N2O4.ClH/c1-14-4-5-15(17(11-14)25-13-16-3-2-8-24-16)12-21-18(22)19(20)6-9-23-10-7-19;/h4-5,11,16H,2-3,6-10,12-13,20H2,1H3,(H,21,22);1H. The molecular weight excluding hydrogens is 356 g/mol. The van der Waals surface area contributed by atoms with Crippen LogP contribution in [0.1, 0.15) is 36.8 Å². The van der Waals surface area contributed by atoms with Crippen molar-refractivity contribution in [3.63, 3.8) is 0 Å². The second kappa shape index (κ2) is 9.55. The smallest absolute Gasteiger partial charge is 0.240 e. The molecule has 1 amide bonds. The van der Waals surface area contributed by atoms with Crippen molar-refractivity contribution in [2.75, 3.05) is 26.4 Å². The number of aryl methyl sites for hydroxylation is 1. The summed E-state index contributed by atoms with van der Waals surface area (Å²) in [5, 5.41) is 2.97. The van der Waals surface area contributed by atoms with Crippen LogP contribution in [-0.2, 0) is 20.8 Å². The molecule has 0 bridgehead atoms. The zero-order chi connectivity index (χ0) is 17.7. The van der Waals surface area contributed by atoms with Gasteiger partial charge in [-0.1, -0.05) is 12.1 Å². The lowest BCUT2D eigenvalue weighted by molar-refractivity contribution is -0.129. The summed E-state index contributed by atoms with van der Waals surface area (Å²) in [7, 11) is 0. The van der Waals surface area contributed by atoms with Crippen LogP contribution in [0.25, 0.3) is 0 Å². The summed E-state index contributed by atoms with van der Waals surface area (Å²) in [4.78, 5) is 12.5. The number of carbonyl (C=O) groups is 1. The minimum Gasteiger partial charge on any atom is -0.491 e. The van der Waals surface area contributed by atoms with Crippen LogP contribution in [0.3, 0.4) is 0 Å². The molecule has 6 nitrogen and oxygen atoms in total. The van der Waals surface area contributed by atoms with E-state index in [0.717, 1.165) is 36.3 Å². The van der Waals surface area contributed by atoms with E-state index in [1.165, 1.54) is 0 Å². The van der Waals surface area contributed by atoms with Crippen LogP contribution in [0, 0.1) is 6.92 Å². The molecular formula is C19H29ClN2O4. The van der Waals surface area contributed by atoms with Crippen LogP contribution in [0.15, 0.2) is 18.2 Å². The molecule has 1 aromatic carbocycles. The minimum absolute atomic E-state index is 0. The molecule has 2 saturated heterocycles. The molecule has 146 valence electrons. The van der Waals surface area contributed by atoms with Crippen molar-refractivity contribution in [2.24, 2.45) is 5.73 Å². The zero-order valence-corrected chi connectivity index (χ0v) is 16.1. The highest BCUT2D eigenvalue weighted by molar-refractivity contribution is 5.86. The van der Waals surface area contributed by atoms with Gasteiger partial charge >= 0.3 is 0 Å². The van der Waals surface area contributed by atoms with Crippen molar-refractivity contribution in [3.8, 4) is 5.75 Å². The van der Waals surface area contributed by atoms with Crippen LogP contribution in [0.4, 0.5) is 0 Å². The summed E-state index contributed by atoms with van der Waals surface area (Å²) in [5.74, 6) is 0.676. The van der Waals surface area contributed by atoms with Crippen LogP contribution >= 0.6 is 12.4 Å². The first-order valence-corrected chi connectivity index (χ1v) is 9.06. The summed E-state index contributed by atoms with van der Waals surface area (Å²) in [6.45, 7) is 4.85. The van der Waals surface area contributed by atoms with Gasteiger partial charge in [0.15, 0.2) is 0 Å². The Labute approximate surface area is 161 Å². The summed E-state index contributed by atoms with van der Waals surface area (Å²) in [6, 6.07) is 6.02. The number of hydrogen-bond acceptors (Lipinski definition) is 5. The van der Waals surface area contributed by atoms with Gasteiger partial charge in [-0.05, 0) is 44.2 Å². The molecule has 2 aliphatic heterocycles. The molecule has 26 heavy (non-hydrogen) atoms. The van der Waals surface area contributed by atoms with Crippen molar-refractivity contribution >= 4 is 18.3 Å². The summed E-state index contributed by atoms with van der Waals surface area (Å²) in [6.07, 6.45) is 3.39. The summed E-state index contributed by atoms with van der Waals surface area (Å²) >= 11 is 0. The predicted octanol–water partition coefficient (Wildman–Crippen LogP) is 2.10. The SMILES string of the molecule is Cc1ccc(CNC(=O)C2(N)CCOCC2)c(OCC2CCCO2)c1.Cl. The second-order valence-electron chi connectivity index (χ2n) is 7.01. The maximum atomic E-state index is 12.5. The molecule has 2 aliphatic rings. The third-order valence-electron chi connectivity index (χ3n) is 4.95. The average Bonchev–Trinajstić information content (AvgIpc) is 3.13. The Morgan fingerprint density at radius 1 is 1.35 bits per heavy atom. The highest BCUT2D eigenvalue weighted by atomic mass is 35.5. The minimum atomic E-state index is -0.832. The van der Waals surface area contributed by atoms with Crippen LogP contribution in [0.5, 0.6) is 5.75 Å². The third kappa shape index (κ3) is 5.33. The van der Waals surface area contributed by atoms with Gasteiger partial charge in [0.2, 0.25) is 5.91 Å². The number of ether oxygens (including phenoxy) is 3. The van der Waals surface area contributed by atoms with E-state index >= 15 is 0 Å². The van der Waals surface area contributed by atoms with E-state index in [-0.39, 0.29) is 24.4 Å². The molecule has 1 aromatic rings. The third-order valence-corrected chi connectivity index (χ3v) is 4.95. The van der Waals surface area contributed by atoms with E-state index in [1.807, 2.05) is 25.1 Å². The molecule has 3 rings (SSSR count). The molecule has 0 aliphatic carbocycles. The zero-order valence-electron chi connectivity index (χ0n) is 15.3. The average molecular weight is 385 g/mol. The maximum Gasteiger partial charge on any atom is 0.240 e. The van der Waals surface area contributed by atoms with E-state index in [4.69, 9.17) is 19.9 Å². The molecule has 0 saturated carbocycles. The molecule has 2 fully saturated rings. The molecule has 0 spiro atoms. The Kier molecular flexibility index (Phi) is 7.70. The topological polar surface area (TPSA) is 82.8 Å². The lowest BCUT2D eigenvalue weighted by atomic mass is 9.90. The van der Waals surface area contributed by atoms with Crippen molar-refractivity contribution in [1.29, 1.82) is 0 Å². The molecule has 2 heterocycles. The number of benzene rings is 1. The van der Waals surface area contributed by atoms with Gasteiger partial charge in [-0.3, -0.25) is 4.79 Å². The van der Waals surface area contributed by atoms with E-state index in [9.17, 15) is 4.79 Å². The highest BCUT2D eigenvalue weighted by Gasteiger charge is 2.35.